The highest BCUT2D eigenvalue weighted by atomic mass is 79.9. The molecule has 0 radical (unpaired) electrons. The highest BCUT2D eigenvalue weighted by Gasteiger charge is 2.20. The summed E-state index contributed by atoms with van der Waals surface area (Å²) in [7, 11) is 0. The molecule has 0 aliphatic carbocycles. The molecule has 1 amide bonds. The number of carboxylic acid groups (broad SMARTS) is 1. The van der Waals surface area contributed by atoms with Gasteiger partial charge in [-0.05, 0) is 42.5 Å². The minimum atomic E-state index is -0.796. The molecule has 1 aliphatic rings. The molecule has 0 saturated heterocycles. The van der Waals surface area contributed by atoms with Crippen molar-refractivity contribution in [2.45, 2.75) is 38.6 Å². The van der Waals surface area contributed by atoms with Crippen LogP contribution in [0.1, 0.15) is 36.8 Å². The van der Waals surface area contributed by atoms with Crippen molar-refractivity contribution in [2.24, 2.45) is 0 Å². The Balaban J connectivity index is 1.84. The molecule has 108 valence electrons. The fourth-order valence-electron chi connectivity index (χ4n) is 2.45. The van der Waals surface area contributed by atoms with E-state index in [1.165, 1.54) is 11.1 Å². The zero-order valence-corrected chi connectivity index (χ0v) is 12.9. The van der Waals surface area contributed by atoms with E-state index < -0.39 is 5.97 Å². The average Bonchev–Trinajstić information content (AvgIpc) is 2.42. The molecule has 0 unspecified atom stereocenters. The van der Waals surface area contributed by atoms with Crippen LogP contribution in [0.3, 0.4) is 0 Å². The van der Waals surface area contributed by atoms with Crippen LogP contribution >= 0.6 is 15.9 Å². The van der Waals surface area contributed by atoms with Crippen LogP contribution in [0.25, 0.3) is 0 Å². The third-order valence-electron chi connectivity index (χ3n) is 3.56. The molecule has 0 spiro atoms. The average molecular weight is 340 g/mol. The van der Waals surface area contributed by atoms with Gasteiger partial charge in [-0.1, -0.05) is 22.0 Å². The van der Waals surface area contributed by atoms with Crippen LogP contribution in [0.2, 0.25) is 0 Å². The quantitative estimate of drug-likeness (QED) is 0.839. The Bertz CT molecular complexity index is 516. The summed E-state index contributed by atoms with van der Waals surface area (Å²) >= 11 is 3.46. The number of nitrogens with zero attached hydrogens (tertiary/aromatic N) is 1. The van der Waals surface area contributed by atoms with Crippen LogP contribution in [0.5, 0.6) is 0 Å². The van der Waals surface area contributed by atoms with Gasteiger partial charge in [0.05, 0.1) is 0 Å². The molecule has 0 aromatic heterocycles. The van der Waals surface area contributed by atoms with Crippen LogP contribution < -0.4 is 0 Å². The fourth-order valence-corrected chi connectivity index (χ4v) is 2.85. The second kappa shape index (κ2) is 6.88. The van der Waals surface area contributed by atoms with Crippen molar-refractivity contribution in [3.8, 4) is 0 Å². The van der Waals surface area contributed by atoms with Gasteiger partial charge >= 0.3 is 5.97 Å². The lowest BCUT2D eigenvalue weighted by molar-refractivity contribution is -0.137. The smallest absolute Gasteiger partial charge is 0.303 e. The molecule has 0 bridgehead atoms. The number of carboxylic acids is 1. The number of halogens is 1. The first kappa shape index (κ1) is 15.0. The van der Waals surface area contributed by atoms with Crippen molar-refractivity contribution in [3.63, 3.8) is 0 Å². The molecule has 4 nitrogen and oxygen atoms in total. The summed E-state index contributed by atoms with van der Waals surface area (Å²) in [5.41, 5.74) is 2.51. The largest absolute Gasteiger partial charge is 0.481 e. The van der Waals surface area contributed by atoms with E-state index in [-0.39, 0.29) is 12.3 Å². The second-order valence-electron chi connectivity index (χ2n) is 5.08. The summed E-state index contributed by atoms with van der Waals surface area (Å²) in [5, 5.41) is 8.56. The number of unbranched alkanes of at least 4 members (excludes halogenated alkanes) is 1. The Morgan fingerprint density at radius 1 is 1.20 bits per heavy atom. The van der Waals surface area contributed by atoms with Crippen LogP contribution in [0.15, 0.2) is 22.7 Å². The standard InChI is InChI=1S/C15H18BrNO3/c16-13-6-5-12-10-17(8-7-11(12)9-13)14(18)3-1-2-4-15(19)20/h5-6,9H,1-4,7-8,10H2,(H,19,20). The van der Waals surface area contributed by atoms with Crippen LogP contribution in [-0.4, -0.2) is 28.4 Å². The maximum absolute atomic E-state index is 12.1. The predicted octanol–water partition coefficient (Wildman–Crippen LogP) is 2.98. The van der Waals surface area contributed by atoms with E-state index in [2.05, 4.69) is 28.1 Å². The molecule has 0 atom stereocenters. The van der Waals surface area contributed by atoms with Gasteiger partial charge in [-0.2, -0.15) is 0 Å². The molecular formula is C15H18BrNO3. The topological polar surface area (TPSA) is 57.6 Å². The van der Waals surface area contributed by atoms with Crippen molar-refractivity contribution in [3.05, 3.63) is 33.8 Å². The van der Waals surface area contributed by atoms with Crippen molar-refractivity contribution >= 4 is 27.8 Å². The van der Waals surface area contributed by atoms with Gasteiger partial charge in [-0.15, -0.1) is 0 Å². The van der Waals surface area contributed by atoms with Gasteiger partial charge < -0.3 is 10.0 Å². The first-order chi connectivity index (χ1) is 9.56. The Labute approximate surface area is 126 Å². The summed E-state index contributed by atoms with van der Waals surface area (Å²) in [4.78, 5) is 24.4. The molecule has 1 heterocycles. The Morgan fingerprint density at radius 3 is 2.70 bits per heavy atom. The number of carbonyl (C=O) groups excluding carboxylic acids is 1. The Kier molecular flexibility index (Phi) is 5.17. The molecule has 0 fully saturated rings. The number of carbonyl (C=O) groups is 2. The number of fused-ring (bicyclic) bond motifs is 1. The molecule has 20 heavy (non-hydrogen) atoms. The summed E-state index contributed by atoms with van der Waals surface area (Å²) in [5.74, 6) is -0.668. The van der Waals surface area contributed by atoms with Crippen molar-refractivity contribution in [1.82, 2.24) is 4.90 Å². The lowest BCUT2D eigenvalue weighted by Crippen LogP contribution is -2.35. The van der Waals surface area contributed by atoms with Crippen LogP contribution in [-0.2, 0) is 22.6 Å². The number of amides is 1. The number of rotatable bonds is 5. The van der Waals surface area contributed by atoms with Gasteiger partial charge in [-0.3, -0.25) is 9.59 Å². The first-order valence-corrected chi connectivity index (χ1v) is 7.62. The number of hydrogen-bond acceptors (Lipinski definition) is 2. The SMILES string of the molecule is O=C(O)CCCCC(=O)N1CCc2cc(Br)ccc2C1. The number of benzene rings is 1. The van der Waals surface area contributed by atoms with Gasteiger partial charge in [0, 0.05) is 30.4 Å². The van der Waals surface area contributed by atoms with Crippen molar-refractivity contribution in [1.29, 1.82) is 0 Å². The van der Waals surface area contributed by atoms with Gasteiger partial charge in [0.25, 0.3) is 0 Å². The van der Waals surface area contributed by atoms with Gasteiger partial charge in [0.1, 0.15) is 0 Å². The van der Waals surface area contributed by atoms with Crippen molar-refractivity contribution in [2.75, 3.05) is 6.54 Å². The van der Waals surface area contributed by atoms with Crippen molar-refractivity contribution < 1.29 is 14.7 Å². The van der Waals surface area contributed by atoms with Gasteiger partial charge in [0.15, 0.2) is 0 Å². The highest BCUT2D eigenvalue weighted by molar-refractivity contribution is 9.10. The maximum Gasteiger partial charge on any atom is 0.303 e. The van der Waals surface area contributed by atoms with Crippen LogP contribution in [0, 0.1) is 0 Å². The molecular weight excluding hydrogens is 322 g/mol. The molecule has 1 aromatic carbocycles. The van der Waals surface area contributed by atoms with Gasteiger partial charge in [0.2, 0.25) is 5.91 Å². The molecule has 1 N–H and O–H groups in total. The summed E-state index contributed by atoms with van der Waals surface area (Å²) in [6.07, 6.45) is 2.69. The monoisotopic (exact) mass is 339 g/mol. The number of aliphatic carboxylic acids is 1. The predicted molar refractivity (Wildman–Crippen MR) is 79.4 cm³/mol. The third kappa shape index (κ3) is 4.07. The summed E-state index contributed by atoms with van der Waals surface area (Å²) < 4.78 is 1.07. The highest BCUT2D eigenvalue weighted by Crippen LogP contribution is 2.23. The van der Waals surface area contributed by atoms with E-state index >= 15 is 0 Å². The van der Waals surface area contributed by atoms with E-state index in [4.69, 9.17) is 5.11 Å². The molecule has 2 rings (SSSR count). The van der Waals surface area contributed by atoms with E-state index in [1.807, 2.05) is 11.0 Å². The fraction of sp³-hybridized carbons (Fsp3) is 0.467. The Hall–Kier alpha value is -1.36. The minimum Gasteiger partial charge on any atom is -0.481 e. The third-order valence-corrected chi connectivity index (χ3v) is 4.06. The van der Waals surface area contributed by atoms with E-state index in [9.17, 15) is 9.59 Å². The zero-order valence-electron chi connectivity index (χ0n) is 11.3. The molecule has 5 heteroatoms. The zero-order chi connectivity index (χ0) is 14.5. The van der Waals surface area contributed by atoms with E-state index in [0.29, 0.717) is 25.8 Å². The van der Waals surface area contributed by atoms with E-state index in [0.717, 1.165) is 17.4 Å². The first-order valence-electron chi connectivity index (χ1n) is 6.83. The van der Waals surface area contributed by atoms with Gasteiger partial charge in [-0.25, -0.2) is 0 Å². The molecule has 1 aromatic rings. The lowest BCUT2D eigenvalue weighted by atomic mass is 9.99. The minimum absolute atomic E-state index is 0.129. The molecule has 0 saturated carbocycles. The Morgan fingerprint density at radius 2 is 1.95 bits per heavy atom. The normalized spacial score (nSPS) is 13.9. The summed E-state index contributed by atoms with van der Waals surface area (Å²) in [6, 6.07) is 6.17. The van der Waals surface area contributed by atoms with Crippen LogP contribution in [0.4, 0.5) is 0 Å². The van der Waals surface area contributed by atoms with E-state index in [1.54, 1.807) is 0 Å². The number of hydrogen-bond donors (Lipinski definition) is 1. The maximum atomic E-state index is 12.1. The molecule has 1 aliphatic heterocycles. The lowest BCUT2D eigenvalue weighted by Gasteiger charge is -2.29. The summed E-state index contributed by atoms with van der Waals surface area (Å²) in [6.45, 7) is 1.42. The second-order valence-corrected chi connectivity index (χ2v) is 5.99.